The van der Waals surface area contributed by atoms with E-state index in [1.807, 2.05) is 0 Å². The smallest absolute Gasteiger partial charge is 0.392 e. The minimum atomic E-state index is -4.45. The molecule has 0 saturated carbocycles. The molecule has 1 N–H and O–H groups in total. The van der Waals surface area contributed by atoms with Gasteiger partial charge in [-0.3, -0.25) is 0 Å². The fourth-order valence-electron chi connectivity index (χ4n) is 1.43. The van der Waals surface area contributed by atoms with Gasteiger partial charge in [-0.1, -0.05) is 22.0 Å². The summed E-state index contributed by atoms with van der Waals surface area (Å²) in [4.78, 5) is 0. The summed E-state index contributed by atoms with van der Waals surface area (Å²) in [6, 6.07) is 5.71. The maximum absolute atomic E-state index is 12.4. The first kappa shape index (κ1) is 13.1. The second-order valence-corrected chi connectivity index (χ2v) is 4.43. The van der Waals surface area contributed by atoms with Crippen molar-refractivity contribution in [1.82, 2.24) is 9.78 Å². The third-order valence-electron chi connectivity index (χ3n) is 2.35. The predicted molar refractivity (Wildman–Crippen MR) is 62.2 cm³/mol. The maximum atomic E-state index is 12.4. The van der Waals surface area contributed by atoms with Crippen molar-refractivity contribution in [3.63, 3.8) is 0 Å². The number of aliphatic hydroxyl groups is 1. The Kier molecular flexibility index (Phi) is 3.45. The number of hydrogen-bond acceptors (Lipinski definition) is 2. The van der Waals surface area contributed by atoms with Gasteiger partial charge in [-0.25, -0.2) is 4.68 Å². The molecule has 0 atom stereocenters. The first-order valence-electron chi connectivity index (χ1n) is 4.94. The molecule has 1 heterocycles. The van der Waals surface area contributed by atoms with Crippen LogP contribution >= 0.6 is 15.9 Å². The van der Waals surface area contributed by atoms with Crippen LogP contribution in [0, 0.1) is 0 Å². The van der Waals surface area contributed by atoms with Crippen molar-refractivity contribution in [2.24, 2.45) is 0 Å². The molecule has 0 amide bonds. The molecule has 0 bridgehead atoms. The molecule has 3 nitrogen and oxygen atoms in total. The molecule has 1 aromatic carbocycles. The van der Waals surface area contributed by atoms with E-state index in [-0.39, 0.29) is 6.61 Å². The van der Waals surface area contributed by atoms with Gasteiger partial charge < -0.3 is 5.11 Å². The van der Waals surface area contributed by atoms with Gasteiger partial charge in [-0.2, -0.15) is 18.3 Å². The summed E-state index contributed by atoms with van der Waals surface area (Å²) in [5.74, 6) is 0. The SMILES string of the molecule is OCc1ccc(-n2ccc(C(F)(F)F)n2)cc1Br. The van der Waals surface area contributed by atoms with Crippen LogP contribution in [0.2, 0.25) is 0 Å². The zero-order chi connectivity index (χ0) is 13.3. The lowest BCUT2D eigenvalue weighted by atomic mass is 10.2. The van der Waals surface area contributed by atoms with E-state index in [0.717, 1.165) is 10.7 Å². The molecule has 1 aromatic heterocycles. The van der Waals surface area contributed by atoms with Crippen LogP contribution in [0.4, 0.5) is 13.2 Å². The highest BCUT2D eigenvalue weighted by atomic mass is 79.9. The lowest BCUT2D eigenvalue weighted by Crippen LogP contribution is -2.07. The van der Waals surface area contributed by atoms with E-state index in [1.54, 1.807) is 18.2 Å². The van der Waals surface area contributed by atoms with Gasteiger partial charge >= 0.3 is 6.18 Å². The molecule has 18 heavy (non-hydrogen) atoms. The van der Waals surface area contributed by atoms with Crippen LogP contribution < -0.4 is 0 Å². The van der Waals surface area contributed by atoms with Crippen LogP contribution in [0.15, 0.2) is 34.9 Å². The Labute approximate surface area is 109 Å². The summed E-state index contributed by atoms with van der Waals surface area (Å²) < 4.78 is 38.9. The van der Waals surface area contributed by atoms with E-state index in [2.05, 4.69) is 21.0 Å². The Balaban J connectivity index is 2.38. The monoisotopic (exact) mass is 320 g/mol. The number of aromatic nitrogens is 2. The molecule has 0 aliphatic rings. The van der Waals surface area contributed by atoms with Crippen molar-refractivity contribution in [1.29, 1.82) is 0 Å². The largest absolute Gasteiger partial charge is 0.435 e. The van der Waals surface area contributed by atoms with Crippen LogP contribution in [-0.2, 0) is 12.8 Å². The number of nitrogens with zero attached hydrogens (tertiary/aromatic N) is 2. The summed E-state index contributed by atoms with van der Waals surface area (Å²) >= 11 is 3.23. The van der Waals surface area contributed by atoms with Crippen molar-refractivity contribution < 1.29 is 18.3 Å². The zero-order valence-corrected chi connectivity index (χ0v) is 10.5. The van der Waals surface area contributed by atoms with Crippen molar-refractivity contribution >= 4 is 15.9 Å². The van der Waals surface area contributed by atoms with Crippen molar-refractivity contribution in [2.45, 2.75) is 12.8 Å². The molecule has 0 fully saturated rings. The van der Waals surface area contributed by atoms with E-state index >= 15 is 0 Å². The molecule has 0 radical (unpaired) electrons. The number of rotatable bonds is 2. The van der Waals surface area contributed by atoms with Crippen molar-refractivity contribution in [2.75, 3.05) is 0 Å². The van der Waals surface area contributed by atoms with Gasteiger partial charge in [0.05, 0.1) is 12.3 Å². The molecule has 0 spiro atoms. The minimum Gasteiger partial charge on any atom is -0.392 e. The lowest BCUT2D eigenvalue weighted by Gasteiger charge is -2.06. The normalized spacial score (nSPS) is 11.8. The van der Waals surface area contributed by atoms with Crippen molar-refractivity contribution in [3.8, 4) is 5.69 Å². The van der Waals surface area contributed by atoms with Crippen LogP contribution in [-0.4, -0.2) is 14.9 Å². The van der Waals surface area contributed by atoms with E-state index < -0.39 is 11.9 Å². The molecular formula is C11H8BrF3N2O. The third-order valence-corrected chi connectivity index (χ3v) is 3.09. The summed E-state index contributed by atoms with van der Waals surface area (Å²) in [5, 5.41) is 12.4. The van der Waals surface area contributed by atoms with E-state index in [0.29, 0.717) is 15.7 Å². The second-order valence-electron chi connectivity index (χ2n) is 3.58. The van der Waals surface area contributed by atoms with Gasteiger partial charge in [0.15, 0.2) is 5.69 Å². The molecular weight excluding hydrogens is 313 g/mol. The fourth-order valence-corrected chi connectivity index (χ4v) is 1.92. The average Bonchev–Trinajstić information content (AvgIpc) is 2.77. The molecule has 0 aliphatic heterocycles. The van der Waals surface area contributed by atoms with E-state index in [9.17, 15) is 13.2 Å². The molecule has 0 unspecified atom stereocenters. The third kappa shape index (κ3) is 2.56. The quantitative estimate of drug-likeness (QED) is 0.923. The Morgan fingerprint density at radius 2 is 2.00 bits per heavy atom. The number of alkyl halides is 3. The van der Waals surface area contributed by atoms with Crippen LogP contribution in [0.5, 0.6) is 0 Å². The predicted octanol–water partition coefficient (Wildman–Crippen LogP) is 3.15. The molecule has 0 saturated heterocycles. The average molecular weight is 321 g/mol. The van der Waals surface area contributed by atoms with E-state index in [1.165, 1.54) is 6.20 Å². The van der Waals surface area contributed by atoms with Gasteiger partial charge in [-0.15, -0.1) is 0 Å². The molecule has 2 aromatic rings. The standard InChI is InChI=1S/C11H8BrF3N2O/c12-9-5-8(2-1-7(9)6-18)17-4-3-10(16-17)11(13,14)15/h1-5,18H,6H2. The molecule has 0 aliphatic carbocycles. The van der Waals surface area contributed by atoms with Gasteiger partial charge in [0.25, 0.3) is 0 Å². The number of hydrogen-bond donors (Lipinski definition) is 1. The van der Waals surface area contributed by atoms with Crippen molar-refractivity contribution in [3.05, 3.63) is 46.2 Å². The van der Waals surface area contributed by atoms with Gasteiger partial charge in [0.1, 0.15) is 0 Å². The highest BCUT2D eigenvalue weighted by molar-refractivity contribution is 9.10. The summed E-state index contributed by atoms with van der Waals surface area (Å²) in [6.07, 6.45) is -3.21. The second kappa shape index (κ2) is 4.74. The zero-order valence-electron chi connectivity index (χ0n) is 8.95. The Morgan fingerprint density at radius 1 is 1.28 bits per heavy atom. The van der Waals surface area contributed by atoms with Gasteiger partial charge in [0, 0.05) is 10.7 Å². The number of benzene rings is 1. The fraction of sp³-hybridized carbons (Fsp3) is 0.182. The minimum absolute atomic E-state index is 0.145. The highest BCUT2D eigenvalue weighted by Crippen LogP contribution is 2.28. The highest BCUT2D eigenvalue weighted by Gasteiger charge is 2.33. The maximum Gasteiger partial charge on any atom is 0.435 e. The number of halogens is 4. The molecule has 7 heteroatoms. The summed E-state index contributed by atoms with van der Waals surface area (Å²) in [7, 11) is 0. The first-order chi connectivity index (χ1) is 8.41. The Morgan fingerprint density at radius 3 is 2.50 bits per heavy atom. The van der Waals surface area contributed by atoms with Gasteiger partial charge in [0.2, 0.25) is 0 Å². The van der Waals surface area contributed by atoms with Gasteiger partial charge in [-0.05, 0) is 23.8 Å². The first-order valence-corrected chi connectivity index (χ1v) is 5.73. The molecule has 2 rings (SSSR count). The molecule has 96 valence electrons. The van der Waals surface area contributed by atoms with Crippen LogP contribution in [0.25, 0.3) is 5.69 Å². The number of aliphatic hydroxyl groups excluding tert-OH is 1. The van der Waals surface area contributed by atoms with E-state index in [4.69, 9.17) is 5.11 Å². The Hall–Kier alpha value is -1.34. The van der Waals surface area contributed by atoms with Crippen LogP contribution in [0.1, 0.15) is 11.3 Å². The summed E-state index contributed by atoms with van der Waals surface area (Å²) in [6.45, 7) is -0.145. The lowest BCUT2D eigenvalue weighted by molar-refractivity contribution is -0.141. The Bertz CT molecular complexity index is 566. The van der Waals surface area contributed by atoms with Crippen LogP contribution in [0.3, 0.4) is 0 Å². The topological polar surface area (TPSA) is 38.0 Å². The summed E-state index contributed by atoms with van der Waals surface area (Å²) in [5.41, 5.74) is 0.196.